The Balaban J connectivity index is 2.04. The summed E-state index contributed by atoms with van der Waals surface area (Å²) < 4.78 is 39.4. The van der Waals surface area contributed by atoms with Gasteiger partial charge in [-0.15, -0.1) is 0 Å². The van der Waals surface area contributed by atoms with Gasteiger partial charge in [-0.05, 0) is 36.8 Å². The molecule has 3 aromatic rings. The predicted molar refractivity (Wildman–Crippen MR) is 99.3 cm³/mol. The number of hydrogen-bond donors (Lipinski definition) is 1. The van der Waals surface area contributed by atoms with Gasteiger partial charge in [0.2, 0.25) is 0 Å². The number of nitrogens with zero attached hydrogens (tertiary/aromatic N) is 1. The lowest BCUT2D eigenvalue weighted by Crippen LogP contribution is -2.17. The molecule has 0 saturated carbocycles. The van der Waals surface area contributed by atoms with Gasteiger partial charge in [-0.3, -0.25) is 9.29 Å². The third-order valence-electron chi connectivity index (χ3n) is 3.83. The van der Waals surface area contributed by atoms with Gasteiger partial charge in [0, 0.05) is 18.2 Å². The Morgan fingerprint density at radius 2 is 2.04 bits per heavy atom. The van der Waals surface area contributed by atoms with Gasteiger partial charge < -0.3 is 9.15 Å². The van der Waals surface area contributed by atoms with Gasteiger partial charge in [-0.2, -0.15) is 0 Å². The summed E-state index contributed by atoms with van der Waals surface area (Å²) in [5, 5.41) is 0.415. The number of anilines is 1. The van der Waals surface area contributed by atoms with Gasteiger partial charge in [0.05, 0.1) is 29.3 Å². The number of halogens is 1. The summed E-state index contributed by atoms with van der Waals surface area (Å²) in [6.45, 7) is 2.37. The summed E-state index contributed by atoms with van der Waals surface area (Å²) in [7, 11) is -2.34. The highest BCUT2D eigenvalue weighted by molar-refractivity contribution is 7.92. The normalized spacial score (nSPS) is 11.8. The van der Waals surface area contributed by atoms with E-state index in [9.17, 15) is 13.2 Å². The van der Waals surface area contributed by atoms with Crippen molar-refractivity contribution in [2.24, 2.45) is 0 Å². The summed E-state index contributed by atoms with van der Waals surface area (Å²) in [5.41, 5.74) is 1.71. The van der Waals surface area contributed by atoms with E-state index in [2.05, 4.69) is 4.72 Å². The van der Waals surface area contributed by atoms with Crippen LogP contribution >= 0.6 is 11.6 Å². The maximum atomic E-state index is 12.7. The first-order valence-electron chi connectivity index (χ1n) is 7.73. The van der Waals surface area contributed by atoms with E-state index in [0.29, 0.717) is 34.9 Å². The van der Waals surface area contributed by atoms with Gasteiger partial charge in [0.15, 0.2) is 5.58 Å². The maximum Gasteiger partial charge on any atom is 0.420 e. The molecule has 0 radical (unpaired) electrons. The monoisotopic (exact) mass is 396 g/mol. The zero-order chi connectivity index (χ0) is 18.9. The number of benzene rings is 2. The third-order valence-corrected chi connectivity index (χ3v) is 5.43. The lowest BCUT2D eigenvalue weighted by atomic mass is 10.2. The number of oxazole rings is 1. The number of aromatic nitrogens is 1. The van der Waals surface area contributed by atoms with E-state index in [1.54, 1.807) is 25.1 Å². The quantitative estimate of drug-likeness (QED) is 0.691. The van der Waals surface area contributed by atoms with E-state index in [0.717, 1.165) is 0 Å². The van der Waals surface area contributed by atoms with Crippen LogP contribution in [-0.4, -0.2) is 26.7 Å². The van der Waals surface area contributed by atoms with Crippen molar-refractivity contribution in [1.82, 2.24) is 4.57 Å². The fraction of sp³-hybridized carbons (Fsp3) is 0.235. The summed E-state index contributed by atoms with van der Waals surface area (Å²) >= 11 is 5.89. The zero-order valence-electron chi connectivity index (χ0n) is 14.2. The van der Waals surface area contributed by atoms with E-state index in [1.807, 2.05) is 0 Å². The first kappa shape index (κ1) is 18.5. The van der Waals surface area contributed by atoms with Crippen molar-refractivity contribution < 1.29 is 17.6 Å². The third kappa shape index (κ3) is 3.62. The van der Waals surface area contributed by atoms with Gasteiger partial charge >= 0.3 is 5.76 Å². The van der Waals surface area contributed by atoms with Crippen molar-refractivity contribution in [2.45, 2.75) is 18.4 Å². The molecule has 3 rings (SSSR count). The molecule has 9 heteroatoms. The Kier molecular flexibility index (Phi) is 5.08. The van der Waals surface area contributed by atoms with Gasteiger partial charge in [-0.25, -0.2) is 13.2 Å². The first-order chi connectivity index (χ1) is 12.3. The highest BCUT2D eigenvalue weighted by Crippen LogP contribution is 2.25. The van der Waals surface area contributed by atoms with E-state index in [-0.39, 0.29) is 10.5 Å². The van der Waals surface area contributed by atoms with E-state index in [1.165, 1.54) is 29.9 Å². The number of fused-ring (bicyclic) bond motifs is 1. The highest BCUT2D eigenvalue weighted by Gasteiger charge is 2.20. The fourth-order valence-corrected chi connectivity index (χ4v) is 4.03. The molecule has 1 aromatic heterocycles. The molecule has 0 spiro atoms. The predicted octanol–water partition coefficient (Wildman–Crippen LogP) is 3.00. The molecular formula is C17H17ClN2O5S. The van der Waals surface area contributed by atoms with E-state index >= 15 is 0 Å². The minimum absolute atomic E-state index is 0.00452. The van der Waals surface area contributed by atoms with Crippen LogP contribution in [0, 0.1) is 6.92 Å². The Hall–Kier alpha value is -2.29. The smallest absolute Gasteiger partial charge is 0.408 e. The number of nitrogens with one attached hydrogen (secondary N) is 1. The molecule has 0 aliphatic rings. The molecule has 1 heterocycles. The molecule has 2 aromatic carbocycles. The molecule has 0 atom stereocenters. The Bertz CT molecular complexity index is 1120. The average Bonchev–Trinajstić information content (AvgIpc) is 2.88. The molecule has 7 nitrogen and oxygen atoms in total. The number of rotatable bonds is 6. The standard InChI is InChI=1S/C17H17ClN2O5S/c1-11-8-14(26(22,23)19-13-5-3-4-12(18)9-13)10-15-16(11)20(6-7-24-2)17(21)25-15/h3-5,8-10,19H,6-7H2,1-2H3. The van der Waals surface area contributed by atoms with Crippen LogP contribution in [0.2, 0.25) is 5.02 Å². The lowest BCUT2D eigenvalue weighted by Gasteiger charge is -2.10. The second kappa shape index (κ2) is 7.14. The molecule has 0 bridgehead atoms. The molecule has 0 amide bonds. The van der Waals surface area contributed by atoms with Gasteiger partial charge in [0.25, 0.3) is 10.0 Å². The number of ether oxygens (including phenoxy) is 1. The molecule has 26 heavy (non-hydrogen) atoms. The van der Waals surface area contributed by atoms with E-state index < -0.39 is 15.8 Å². The molecular weight excluding hydrogens is 380 g/mol. The van der Waals surface area contributed by atoms with Crippen molar-refractivity contribution in [3.8, 4) is 0 Å². The SMILES string of the molecule is COCCn1c(=O)oc2cc(S(=O)(=O)Nc3cccc(Cl)c3)cc(C)c21. The minimum atomic E-state index is -3.87. The Morgan fingerprint density at radius 1 is 1.27 bits per heavy atom. The van der Waals surface area contributed by atoms with Crippen molar-refractivity contribution >= 4 is 38.4 Å². The van der Waals surface area contributed by atoms with Crippen LogP contribution in [0.25, 0.3) is 11.1 Å². The van der Waals surface area contributed by atoms with Crippen molar-refractivity contribution in [2.75, 3.05) is 18.4 Å². The minimum Gasteiger partial charge on any atom is -0.408 e. The van der Waals surface area contributed by atoms with Crippen molar-refractivity contribution in [3.63, 3.8) is 0 Å². The second-order valence-electron chi connectivity index (χ2n) is 5.72. The van der Waals surface area contributed by atoms with Crippen LogP contribution in [0.3, 0.4) is 0 Å². The van der Waals surface area contributed by atoms with Crippen molar-refractivity contribution in [3.05, 3.63) is 57.5 Å². The molecule has 0 aliphatic heterocycles. The summed E-state index contributed by atoms with van der Waals surface area (Å²) in [4.78, 5) is 12.0. The number of sulfonamides is 1. The largest absolute Gasteiger partial charge is 0.420 e. The summed E-state index contributed by atoms with van der Waals surface area (Å²) in [5.74, 6) is -0.558. The number of hydrogen-bond acceptors (Lipinski definition) is 5. The second-order valence-corrected chi connectivity index (χ2v) is 7.83. The van der Waals surface area contributed by atoms with Crippen LogP contribution < -0.4 is 10.5 Å². The van der Waals surface area contributed by atoms with Crippen LogP contribution in [0.5, 0.6) is 0 Å². The topological polar surface area (TPSA) is 90.5 Å². The van der Waals surface area contributed by atoms with Crippen LogP contribution in [0.15, 0.2) is 50.5 Å². The fourth-order valence-electron chi connectivity index (χ4n) is 2.69. The van der Waals surface area contributed by atoms with E-state index in [4.69, 9.17) is 20.8 Å². The van der Waals surface area contributed by atoms with Crippen LogP contribution in [-0.2, 0) is 21.3 Å². The Labute approximate surface area is 155 Å². The molecule has 1 N–H and O–H groups in total. The number of aryl methyl sites for hydroxylation is 1. The van der Waals surface area contributed by atoms with Gasteiger partial charge in [-0.1, -0.05) is 17.7 Å². The molecule has 138 valence electrons. The Morgan fingerprint density at radius 3 is 2.73 bits per heavy atom. The van der Waals surface area contributed by atoms with Crippen LogP contribution in [0.4, 0.5) is 5.69 Å². The highest BCUT2D eigenvalue weighted by atomic mass is 35.5. The van der Waals surface area contributed by atoms with Gasteiger partial charge in [0.1, 0.15) is 0 Å². The molecule has 0 saturated heterocycles. The van der Waals surface area contributed by atoms with Crippen LogP contribution in [0.1, 0.15) is 5.56 Å². The summed E-state index contributed by atoms with van der Waals surface area (Å²) in [6, 6.07) is 9.21. The zero-order valence-corrected chi connectivity index (χ0v) is 15.7. The van der Waals surface area contributed by atoms with Crippen molar-refractivity contribution in [1.29, 1.82) is 0 Å². The molecule has 0 unspecified atom stereocenters. The number of methoxy groups -OCH3 is 1. The maximum absolute atomic E-state index is 12.7. The average molecular weight is 397 g/mol. The lowest BCUT2D eigenvalue weighted by molar-refractivity contribution is 0.186. The summed E-state index contributed by atoms with van der Waals surface area (Å²) in [6.07, 6.45) is 0. The molecule has 0 aliphatic carbocycles. The molecule has 0 fully saturated rings. The first-order valence-corrected chi connectivity index (χ1v) is 9.59.